The highest BCUT2D eigenvalue weighted by atomic mass is 19.4. The van der Waals surface area contributed by atoms with Crippen molar-refractivity contribution in [2.45, 2.75) is 12.6 Å². The van der Waals surface area contributed by atoms with Crippen LogP contribution in [-0.4, -0.2) is 64.6 Å². The van der Waals surface area contributed by atoms with Crippen LogP contribution in [0.5, 0.6) is 0 Å². The summed E-state index contributed by atoms with van der Waals surface area (Å²) >= 11 is 0. The van der Waals surface area contributed by atoms with E-state index in [9.17, 15) is 27.9 Å². The Morgan fingerprint density at radius 3 is 2.39 bits per heavy atom. The van der Waals surface area contributed by atoms with Gasteiger partial charge in [0.1, 0.15) is 0 Å². The van der Waals surface area contributed by atoms with Gasteiger partial charge in [-0.05, 0) is 24.3 Å². The van der Waals surface area contributed by atoms with Crippen molar-refractivity contribution < 1.29 is 27.9 Å². The number of aliphatic carboxylic acids is 1. The topological polar surface area (TPSA) is 98.7 Å². The van der Waals surface area contributed by atoms with E-state index >= 15 is 0 Å². The van der Waals surface area contributed by atoms with Crippen molar-refractivity contribution in [1.82, 2.24) is 14.9 Å². The number of nitrogens with one attached hydrogen (secondary N) is 1. The molecule has 31 heavy (non-hydrogen) atoms. The van der Waals surface area contributed by atoms with Gasteiger partial charge in [0.15, 0.2) is 0 Å². The van der Waals surface area contributed by atoms with Crippen molar-refractivity contribution in [2.24, 2.45) is 5.92 Å². The van der Waals surface area contributed by atoms with Crippen molar-refractivity contribution in [2.75, 3.05) is 42.9 Å². The maximum atomic E-state index is 12.8. The minimum absolute atomic E-state index is 0.0274. The number of carboxylic acids is 1. The van der Waals surface area contributed by atoms with Gasteiger partial charge in [-0.15, -0.1) is 0 Å². The molecule has 1 atom stereocenters. The number of carbonyl (C=O) groups is 2. The molecule has 0 bridgehead atoms. The zero-order chi connectivity index (χ0) is 22.4. The van der Waals surface area contributed by atoms with Crippen LogP contribution < -0.4 is 10.2 Å². The molecule has 1 aliphatic rings. The molecule has 0 spiro atoms. The minimum atomic E-state index is -4.53. The van der Waals surface area contributed by atoms with Gasteiger partial charge in [0, 0.05) is 57.2 Å². The number of rotatable bonds is 7. The fraction of sp³-hybridized carbons (Fsp3) is 0.400. The van der Waals surface area contributed by atoms with Crippen LogP contribution in [0.2, 0.25) is 0 Å². The van der Waals surface area contributed by atoms with Gasteiger partial charge in [0.25, 0.3) is 0 Å². The molecule has 0 aliphatic carbocycles. The first-order valence-corrected chi connectivity index (χ1v) is 9.66. The summed E-state index contributed by atoms with van der Waals surface area (Å²) in [6, 6.07) is 5.95. The Balaban J connectivity index is 1.53. The predicted octanol–water partition coefficient (Wildman–Crippen LogP) is 2.35. The molecule has 2 aromatic rings. The number of carbonyl (C=O) groups excluding carboxylic acids is 1. The second-order valence-corrected chi connectivity index (χ2v) is 7.20. The normalized spacial score (nSPS) is 16.0. The Kier molecular flexibility index (Phi) is 7.06. The van der Waals surface area contributed by atoms with Crippen molar-refractivity contribution in [3.05, 3.63) is 48.3 Å². The molecule has 2 heterocycles. The van der Waals surface area contributed by atoms with Gasteiger partial charge < -0.3 is 15.3 Å². The molecule has 3 rings (SSSR count). The largest absolute Gasteiger partial charge is 0.481 e. The second kappa shape index (κ2) is 9.73. The number of benzene rings is 1. The lowest BCUT2D eigenvalue weighted by atomic mass is 10.0. The summed E-state index contributed by atoms with van der Waals surface area (Å²) in [7, 11) is 0. The summed E-state index contributed by atoms with van der Waals surface area (Å²) in [4.78, 5) is 36.2. The standard InChI is InChI=1S/C20H22F3N5O3/c21-20(22,23)15-3-1-4-16(12-15)26-17(29)11-14(18(30)31)13-27-7-9-28(10-8-27)19-24-5-2-6-25-19/h1-6,12,14H,7-11,13H2,(H,26,29)(H,30,31)/t14-/m1/s1. The smallest absolute Gasteiger partial charge is 0.416 e. The fourth-order valence-electron chi connectivity index (χ4n) is 3.34. The molecule has 1 aromatic carbocycles. The van der Waals surface area contributed by atoms with E-state index < -0.39 is 29.5 Å². The second-order valence-electron chi connectivity index (χ2n) is 7.20. The summed E-state index contributed by atoms with van der Waals surface area (Å²) in [6.45, 7) is 2.56. The number of hydrogen-bond acceptors (Lipinski definition) is 6. The lowest BCUT2D eigenvalue weighted by Crippen LogP contribution is -2.49. The Morgan fingerprint density at radius 1 is 1.10 bits per heavy atom. The number of hydrogen-bond donors (Lipinski definition) is 2. The zero-order valence-electron chi connectivity index (χ0n) is 16.5. The lowest BCUT2D eigenvalue weighted by Gasteiger charge is -2.35. The number of halogens is 3. The number of alkyl halides is 3. The number of nitrogens with zero attached hydrogens (tertiary/aromatic N) is 4. The highest BCUT2D eigenvalue weighted by Crippen LogP contribution is 2.30. The Hall–Kier alpha value is -3.21. The SMILES string of the molecule is O=C(C[C@H](CN1CCN(c2ncccn2)CC1)C(=O)O)Nc1cccc(C(F)(F)F)c1. The zero-order valence-corrected chi connectivity index (χ0v) is 16.5. The summed E-state index contributed by atoms with van der Waals surface area (Å²) in [5.41, 5.74) is -0.916. The summed E-state index contributed by atoms with van der Waals surface area (Å²) in [6.07, 6.45) is -1.57. The molecule has 2 N–H and O–H groups in total. The molecule has 1 aromatic heterocycles. The number of piperazine rings is 1. The van der Waals surface area contributed by atoms with Crippen molar-refractivity contribution in [1.29, 1.82) is 0 Å². The van der Waals surface area contributed by atoms with Crippen LogP contribution in [-0.2, 0) is 15.8 Å². The first kappa shape index (κ1) is 22.5. The molecule has 0 radical (unpaired) electrons. The molecule has 1 fully saturated rings. The Bertz CT molecular complexity index is 902. The third-order valence-corrected chi connectivity index (χ3v) is 4.94. The first-order valence-electron chi connectivity index (χ1n) is 9.66. The summed E-state index contributed by atoms with van der Waals surface area (Å²) < 4.78 is 38.4. The van der Waals surface area contributed by atoms with Gasteiger partial charge in [0.05, 0.1) is 11.5 Å². The van der Waals surface area contributed by atoms with E-state index in [-0.39, 0.29) is 18.7 Å². The Labute approximate surface area is 176 Å². The molecular formula is C20H22F3N5O3. The van der Waals surface area contributed by atoms with Gasteiger partial charge in [-0.1, -0.05) is 6.07 Å². The quantitative estimate of drug-likeness (QED) is 0.686. The van der Waals surface area contributed by atoms with Crippen LogP contribution in [0, 0.1) is 5.92 Å². The van der Waals surface area contributed by atoms with E-state index in [1.807, 2.05) is 9.80 Å². The molecule has 0 saturated carbocycles. The number of anilines is 2. The predicted molar refractivity (Wildman–Crippen MR) is 107 cm³/mol. The Morgan fingerprint density at radius 2 is 1.77 bits per heavy atom. The first-order chi connectivity index (χ1) is 14.7. The van der Waals surface area contributed by atoms with Crippen molar-refractivity contribution >= 4 is 23.5 Å². The van der Waals surface area contributed by atoms with Crippen LogP contribution in [0.4, 0.5) is 24.8 Å². The van der Waals surface area contributed by atoms with Crippen LogP contribution in [0.15, 0.2) is 42.7 Å². The molecule has 1 saturated heterocycles. The highest BCUT2D eigenvalue weighted by molar-refractivity contribution is 5.93. The average Bonchev–Trinajstić information content (AvgIpc) is 2.74. The summed E-state index contributed by atoms with van der Waals surface area (Å²) in [5, 5.41) is 11.9. The van der Waals surface area contributed by atoms with Crippen LogP contribution in [0.1, 0.15) is 12.0 Å². The molecule has 8 nitrogen and oxygen atoms in total. The van der Waals surface area contributed by atoms with E-state index in [4.69, 9.17) is 0 Å². The maximum Gasteiger partial charge on any atom is 0.416 e. The minimum Gasteiger partial charge on any atom is -0.481 e. The van der Waals surface area contributed by atoms with E-state index in [0.717, 1.165) is 12.1 Å². The molecule has 1 amide bonds. The van der Waals surface area contributed by atoms with Crippen LogP contribution in [0.3, 0.4) is 0 Å². The van der Waals surface area contributed by atoms with E-state index in [1.165, 1.54) is 12.1 Å². The molecule has 0 unspecified atom stereocenters. The summed E-state index contributed by atoms with van der Waals surface area (Å²) in [5.74, 6) is -2.15. The van der Waals surface area contributed by atoms with E-state index in [0.29, 0.717) is 32.1 Å². The number of carboxylic acid groups (broad SMARTS) is 1. The molecule has 11 heteroatoms. The van der Waals surface area contributed by atoms with Crippen LogP contribution in [0.25, 0.3) is 0 Å². The van der Waals surface area contributed by atoms with Gasteiger partial charge in [-0.2, -0.15) is 13.2 Å². The van der Waals surface area contributed by atoms with Gasteiger partial charge >= 0.3 is 12.1 Å². The maximum absolute atomic E-state index is 12.8. The van der Waals surface area contributed by atoms with Gasteiger partial charge in [0.2, 0.25) is 11.9 Å². The lowest BCUT2D eigenvalue weighted by molar-refractivity contribution is -0.144. The molecule has 1 aliphatic heterocycles. The third kappa shape index (κ3) is 6.38. The van der Waals surface area contributed by atoms with E-state index in [1.54, 1.807) is 18.5 Å². The monoisotopic (exact) mass is 437 g/mol. The number of aromatic nitrogens is 2. The van der Waals surface area contributed by atoms with Gasteiger partial charge in [-0.25, -0.2) is 9.97 Å². The van der Waals surface area contributed by atoms with E-state index in [2.05, 4.69) is 15.3 Å². The third-order valence-electron chi connectivity index (χ3n) is 4.94. The average molecular weight is 437 g/mol. The van der Waals surface area contributed by atoms with Crippen molar-refractivity contribution in [3.8, 4) is 0 Å². The van der Waals surface area contributed by atoms with Gasteiger partial charge in [-0.3, -0.25) is 14.5 Å². The van der Waals surface area contributed by atoms with Crippen LogP contribution >= 0.6 is 0 Å². The molecule has 166 valence electrons. The molecular weight excluding hydrogens is 415 g/mol. The highest BCUT2D eigenvalue weighted by Gasteiger charge is 2.31. The fourth-order valence-corrected chi connectivity index (χ4v) is 3.34. The van der Waals surface area contributed by atoms with Crippen molar-refractivity contribution in [3.63, 3.8) is 0 Å². The number of amides is 1.